The van der Waals surface area contributed by atoms with E-state index in [2.05, 4.69) is 20.8 Å². The fourth-order valence-corrected chi connectivity index (χ4v) is 1.73. The fraction of sp³-hybridized carbons (Fsp3) is 1.00. The van der Waals surface area contributed by atoms with Crippen LogP contribution in [0.2, 0.25) is 0 Å². The molecule has 0 spiro atoms. The van der Waals surface area contributed by atoms with Gasteiger partial charge < -0.3 is 5.11 Å². The third-order valence-corrected chi connectivity index (χ3v) is 3.00. The highest BCUT2D eigenvalue weighted by Crippen LogP contribution is 2.11. The largest absolute Gasteiger partial charge is 0.393 e. The van der Waals surface area contributed by atoms with Crippen molar-refractivity contribution in [2.75, 3.05) is 11.5 Å². The van der Waals surface area contributed by atoms with Gasteiger partial charge in [0, 0.05) is 0 Å². The second kappa shape index (κ2) is 7.93. The van der Waals surface area contributed by atoms with Gasteiger partial charge in [-0.15, -0.1) is 0 Å². The second-order valence-electron chi connectivity index (χ2n) is 3.50. The monoisotopic (exact) mass is 190 g/mol. The Morgan fingerprint density at radius 2 is 1.92 bits per heavy atom. The van der Waals surface area contributed by atoms with Gasteiger partial charge in [0.2, 0.25) is 0 Å². The van der Waals surface area contributed by atoms with Crippen LogP contribution in [0.3, 0.4) is 0 Å². The number of hydrogen-bond acceptors (Lipinski definition) is 2. The predicted octanol–water partition coefficient (Wildman–Crippen LogP) is 2.93. The number of thioether (sulfide) groups is 1. The van der Waals surface area contributed by atoms with Crippen molar-refractivity contribution < 1.29 is 5.11 Å². The predicted molar refractivity (Wildman–Crippen MR) is 57.7 cm³/mol. The van der Waals surface area contributed by atoms with E-state index >= 15 is 0 Å². The lowest BCUT2D eigenvalue weighted by Gasteiger charge is -2.13. The van der Waals surface area contributed by atoms with Crippen molar-refractivity contribution in [2.24, 2.45) is 5.92 Å². The van der Waals surface area contributed by atoms with Crippen LogP contribution in [0.25, 0.3) is 0 Å². The first-order valence-corrected chi connectivity index (χ1v) is 6.09. The molecule has 74 valence electrons. The van der Waals surface area contributed by atoms with E-state index in [-0.39, 0.29) is 6.10 Å². The third-order valence-electron chi connectivity index (χ3n) is 2.01. The van der Waals surface area contributed by atoms with E-state index in [0.717, 1.165) is 6.42 Å². The number of unbranched alkanes of at least 4 members (excludes halogenated alkanes) is 1. The first kappa shape index (κ1) is 12.3. The molecule has 0 aromatic heterocycles. The molecule has 0 aromatic carbocycles. The van der Waals surface area contributed by atoms with Gasteiger partial charge in [-0.05, 0) is 30.3 Å². The van der Waals surface area contributed by atoms with Crippen molar-refractivity contribution in [1.82, 2.24) is 0 Å². The average Bonchev–Trinajstić information content (AvgIpc) is 2.03. The van der Waals surface area contributed by atoms with Crippen molar-refractivity contribution in [3.8, 4) is 0 Å². The second-order valence-corrected chi connectivity index (χ2v) is 4.90. The van der Waals surface area contributed by atoms with Crippen molar-refractivity contribution in [1.29, 1.82) is 0 Å². The number of hydrogen-bond donors (Lipinski definition) is 1. The summed E-state index contributed by atoms with van der Waals surface area (Å²) in [4.78, 5) is 0. The van der Waals surface area contributed by atoms with Crippen LogP contribution >= 0.6 is 11.8 Å². The molecule has 0 fully saturated rings. The zero-order valence-electron chi connectivity index (χ0n) is 8.55. The summed E-state index contributed by atoms with van der Waals surface area (Å²) in [5.74, 6) is 2.89. The average molecular weight is 190 g/mol. The minimum absolute atomic E-state index is 0.0865. The molecule has 0 saturated heterocycles. The van der Waals surface area contributed by atoms with E-state index in [1.807, 2.05) is 11.8 Å². The Kier molecular flexibility index (Phi) is 8.14. The maximum absolute atomic E-state index is 9.48. The van der Waals surface area contributed by atoms with E-state index in [1.54, 1.807) is 0 Å². The molecule has 12 heavy (non-hydrogen) atoms. The molecule has 0 bridgehead atoms. The van der Waals surface area contributed by atoms with Gasteiger partial charge in [0.25, 0.3) is 0 Å². The Hall–Kier alpha value is 0.310. The maximum atomic E-state index is 9.48. The molecule has 0 rings (SSSR count). The van der Waals surface area contributed by atoms with Crippen LogP contribution in [0, 0.1) is 5.92 Å². The molecule has 0 heterocycles. The third kappa shape index (κ3) is 6.99. The summed E-state index contributed by atoms with van der Waals surface area (Å²) in [6.45, 7) is 6.34. The van der Waals surface area contributed by atoms with Gasteiger partial charge in [-0.1, -0.05) is 27.2 Å². The van der Waals surface area contributed by atoms with E-state index in [4.69, 9.17) is 0 Å². The normalized spacial score (nSPS) is 13.8. The zero-order chi connectivity index (χ0) is 9.40. The summed E-state index contributed by atoms with van der Waals surface area (Å²) < 4.78 is 0. The zero-order valence-corrected chi connectivity index (χ0v) is 9.36. The Balaban J connectivity index is 3.08. The number of aliphatic hydroxyl groups is 1. The first-order chi connectivity index (χ1) is 5.68. The summed E-state index contributed by atoms with van der Waals surface area (Å²) in [7, 11) is 0. The van der Waals surface area contributed by atoms with Crippen LogP contribution in [-0.2, 0) is 0 Å². The molecule has 0 amide bonds. The molecule has 0 aromatic rings. The van der Waals surface area contributed by atoms with Gasteiger partial charge in [-0.3, -0.25) is 0 Å². The highest BCUT2D eigenvalue weighted by molar-refractivity contribution is 7.99. The van der Waals surface area contributed by atoms with Crippen LogP contribution in [-0.4, -0.2) is 22.7 Å². The highest BCUT2D eigenvalue weighted by Gasteiger charge is 2.07. The SMILES string of the molecule is CCSCCCCC(O)C(C)C. The van der Waals surface area contributed by atoms with Gasteiger partial charge in [0.1, 0.15) is 0 Å². The molecule has 2 heteroatoms. The molecule has 0 aliphatic rings. The summed E-state index contributed by atoms with van der Waals surface area (Å²) in [5, 5.41) is 9.48. The molecule has 1 nitrogen and oxygen atoms in total. The van der Waals surface area contributed by atoms with E-state index in [1.165, 1.54) is 24.3 Å². The van der Waals surface area contributed by atoms with E-state index in [0.29, 0.717) is 5.92 Å². The molecule has 1 N–H and O–H groups in total. The van der Waals surface area contributed by atoms with Crippen molar-refractivity contribution in [2.45, 2.75) is 46.1 Å². The van der Waals surface area contributed by atoms with Crippen LogP contribution < -0.4 is 0 Å². The topological polar surface area (TPSA) is 20.2 Å². The van der Waals surface area contributed by atoms with Crippen LogP contribution in [0.15, 0.2) is 0 Å². The quantitative estimate of drug-likeness (QED) is 0.623. The van der Waals surface area contributed by atoms with Gasteiger partial charge >= 0.3 is 0 Å². The van der Waals surface area contributed by atoms with Gasteiger partial charge in [-0.25, -0.2) is 0 Å². The summed E-state index contributed by atoms with van der Waals surface area (Å²) >= 11 is 1.99. The Morgan fingerprint density at radius 3 is 2.42 bits per heavy atom. The molecule has 0 aliphatic heterocycles. The molecule has 1 atom stereocenters. The van der Waals surface area contributed by atoms with Crippen molar-refractivity contribution in [3.05, 3.63) is 0 Å². The lowest BCUT2D eigenvalue weighted by atomic mass is 10.0. The number of aliphatic hydroxyl groups excluding tert-OH is 1. The van der Waals surface area contributed by atoms with Crippen LogP contribution in [0.1, 0.15) is 40.0 Å². The Labute approximate surface area is 80.9 Å². The molecule has 0 aliphatic carbocycles. The highest BCUT2D eigenvalue weighted by atomic mass is 32.2. The fourth-order valence-electron chi connectivity index (χ4n) is 1.04. The molecule has 1 unspecified atom stereocenters. The lowest BCUT2D eigenvalue weighted by Crippen LogP contribution is -2.14. The van der Waals surface area contributed by atoms with Crippen LogP contribution in [0.5, 0.6) is 0 Å². The molecular formula is C10H22OS. The van der Waals surface area contributed by atoms with E-state index < -0.39 is 0 Å². The van der Waals surface area contributed by atoms with Crippen molar-refractivity contribution in [3.63, 3.8) is 0 Å². The van der Waals surface area contributed by atoms with Crippen LogP contribution in [0.4, 0.5) is 0 Å². The minimum atomic E-state index is -0.0865. The smallest absolute Gasteiger partial charge is 0.0563 e. The summed E-state index contributed by atoms with van der Waals surface area (Å²) in [6, 6.07) is 0. The Bertz CT molecular complexity index is 93.8. The van der Waals surface area contributed by atoms with E-state index in [9.17, 15) is 5.11 Å². The standard InChI is InChI=1S/C10H22OS/c1-4-12-8-6-5-7-10(11)9(2)3/h9-11H,4-8H2,1-3H3. The van der Waals surface area contributed by atoms with Gasteiger partial charge in [-0.2, -0.15) is 11.8 Å². The number of rotatable bonds is 7. The first-order valence-electron chi connectivity index (χ1n) is 4.94. The molecular weight excluding hydrogens is 168 g/mol. The Morgan fingerprint density at radius 1 is 1.25 bits per heavy atom. The summed E-state index contributed by atoms with van der Waals surface area (Å²) in [6.07, 6.45) is 3.31. The lowest BCUT2D eigenvalue weighted by molar-refractivity contribution is 0.114. The van der Waals surface area contributed by atoms with Crippen molar-refractivity contribution >= 4 is 11.8 Å². The van der Waals surface area contributed by atoms with Gasteiger partial charge in [0.15, 0.2) is 0 Å². The van der Waals surface area contributed by atoms with Gasteiger partial charge in [0.05, 0.1) is 6.10 Å². The molecule has 0 radical (unpaired) electrons. The maximum Gasteiger partial charge on any atom is 0.0563 e. The summed E-state index contributed by atoms with van der Waals surface area (Å²) in [5.41, 5.74) is 0. The molecule has 0 saturated carbocycles. The minimum Gasteiger partial charge on any atom is -0.393 e.